The van der Waals surface area contributed by atoms with E-state index in [9.17, 15) is 14.7 Å². The van der Waals surface area contributed by atoms with Crippen molar-refractivity contribution in [3.8, 4) is 17.6 Å². The maximum Gasteiger partial charge on any atom is 1.00 e. The molecule has 2 heterocycles. The standard InChI is InChI=1S/C19H22N3O5P.Na/c1-25-17-8-15-16(9-18(17)26-2)21-11-14(10-20)19(15)22-6-3-4-13(5-7-22)12-27-28(23)24;/h8-9,11,13H,3-7,12H2,1-2H3;/q;+1. The average Bonchev–Trinajstić information content (AvgIpc) is 2.95. The maximum atomic E-state index is 10.7. The number of ether oxygens (including phenoxy) is 2. The molecule has 1 aliphatic rings. The summed E-state index contributed by atoms with van der Waals surface area (Å²) in [4.78, 5) is 17.3. The summed E-state index contributed by atoms with van der Waals surface area (Å²) in [6, 6.07) is 5.90. The Balaban J connectivity index is 0.00000300. The predicted octanol–water partition coefficient (Wildman–Crippen LogP) is -0.232. The van der Waals surface area contributed by atoms with Crippen LogP contribution in [-0.4, -0.2) is 38.9 Å². The molecule has 2 atom stereocenters. The van der Waals surface area contributed by atoms with Crippen LogP contribution in [0.5, 0.6) is 11.5 Å². The second kappa shape index (κ2) is 11.1. The smallest absolute Gasteiger partial charge is 0.566 e. The largest absolute Gasteiger partial charge is 1.00 e. The predicted molar refractivity (Wildman–Crippen MR) is 103 cm³/mol. The van der Waals surface area contributed by atoms with Gasteiger partial charge in [0.2, 0.25) is 0 Å². The number of hydrogen-bond acceptors (Lipinski definition) is 8. The molecule has 0 amide bonds. The van der Waals surface area contributed by atoms with Gasteiger partial charge in [-0.05, 0) is 35.8 Å². The Morgan fingerprint density at radius 3 is 2.66 bits per heavy atom. The van der Waals surface area contributed by atoms with Gasteiger partial charge >= 0.3 is 37.8 Å². The Kier molecular flexibility index (Phi) is 9.09. The van der Waals surface area contributed by atoms with Gasteiger partial charge in [-0.15, -0.1) is 4.52 Å². The molecule has 2 aromatic rings. The molecule has 3 rings (SSSR count). The maximum absolute atomic E-state index is 10.7. The van der Waals surface area contributed by atoms with Gasteiger partial charge in [0.1, 0.15) is 12.7 Å². The van der Waals surface area contributed by atoms with Crippen molar-refractivity contribution in [3.63, 3.8) is 0 Å². The van der Waals surface area contributed by atoms with E-state index >= 15 is 0 Å². The number of nitriles is 1. The number of benzene rings is 1. The van der Waals surface area contributed by atoms with Crippen molar-refractivity contribution in [1.82, 2.24) is 4.98 Å². The number of anilines is 1. The fraction of sp³-hybridized carbons (Fsp3) is 0.474. The van der Waals surface area contributed by atoms with Crippen LogP contribution in [0.2, 0.25) is 0 Å². The molecule has 2 unspecified atom stereocenters. The number of aromatic nitrogens is 1. The Bertz CT molecular complexity index is 921. The molecule has 0 aliphatic carbocycles. The van der Waals surface area contributed by atoms with Crippen molar-refractivity contribution in [2.45, 2.75) is 19.3 Å². The third-order valence-electron chi connectivity index (χ3n) is 5.04. The van der Waals surface area contributed by atoms with Crippen molar-refractivity contribution in [2.24, 2.45) is 5.92 Å². The molecule has 0 N–H and O–H groups in total. The third kappa shape index (κ3) is 5.58. The number of pyridine rings is 1. The number of methoxy groups -OCH3 is 2. The molecule has 1 fully saturated rings. The van der Waals surface area contributed by atoms with Crippen molar-refractivity contribution in [3.05, 3.63) is 23.9 Å². The molecule has 1 aromatic heterocycles. The molecule has 29 heavy (non-hydrogen) atoms. The van der Waals surface area contributed by atoms with Gasteiger partial charge in [-0.3, -0.25) is 4.98 Å². The fourth-order valence-electron chi connectivity index (χ4n) is 3.65. The van der Waals surface area contributed by atoms with Crippen LogP contribution in [0.25, 0.3) is 10.9 Å². The summed E-state index contributed by atoms with van der Waals surface area (Å²) >= 11 is 0. The minimum Gasteiger partial charge on any atom is -0.566 e. The number of nitrogens with zero attached hydrogens (tertiary/aromatic N) is 3. The van der Waals surface area contributed by atoms with Crippen LogP contribution in [0.4, 0.5) is 5.69 Å². The first-order valence-corrected chi connectivity index (χ1v) is 10.1. The zero-order valence-electron chi connectivity index (χ0n) is 16.9. The monoisotopic (exact) mass is 426 g/mol. The normalized spacial score (nSPS) is 17.1. The first-order valence-electron chi connectivity index (χ1n) is 9.04. The molecule has 1 aliphatic heterocycles. The molecule has 148 valence electrons. The summed E-state index contributed by atoms with van der Waals surface area (Å²) in [7, 11) is 0.321. The topological polar surface area (TPSA) is 108 Å². The third-order valence-corrected chi connectivity index (χ3v) is 5.40. The summed E-state index contributed by atoms with van der Waals surface area (Å²) in [6.07, 6.45) is 4.12. The Morgan fingerprint density at radius 1 is 1.28 bits per heavy atom. The quantitative estimate of drug-likeness (QED) is 0.461. The summed E-state index contributed by atoms with van der Waals surface area (Å²) in [5.41, 5.74) is 2.04. The van der Waals surface area contributed by atoms with Gasteiger partial charge in [-0.2, -0.15) is 5.26 Å². The number of fused-ring (bicyclic) bond motifs is 1. The van der Waals surface area contributed by atoms with Gasteiger partial charge in [0.15, 0.2) is 11.5 Å². The summed E-state index contributed by atoms with van der Waals surface area (Å²) in [6.45, 7) is 1.67. The fourth-order valence-corrected chi connectivity index (χ4v) is 3.98. The summed E-state index contributed by atoms with van der Waals surface area (Å²) in [5, 5.41) is 10.5. The van der Waals surface area contributed by atoms with E-state index in [0.717, 1.165) is 42.4 Å². The van der Waals surface area contributed by atoms with Gasteiger partial charge in [-0.25, -0.2) is 0 Å². The van der Waals surface area contributed by atoms with E-state index in [2.05, 4.69) is 16.0 Å². The van der Waals surface area contributed by atoms with E-state index in [1.54, 1.807) is 26.5 Å². The summed E-state index contributed by atoms with van der Waals surface area (Å²) < 4.78 is 26.3. The van der Waals surface area contributed by atoms with E-state index in [0.29, 0.717) is 23.6 Å². The van der Waals surface area contributed by atoms with E-state index in [-0.39, 0.29) is 42.1 Å². The van der Waals surface area contributed by atoms with E-state index in [1.165, 1.54) is 0 Å². The average molecular weight is 426 g/mol. The van der Waals surface area contributed by atoms with Gasteiger partial charge in [0.05, 0.1) is 31.0 Å². The van der Waals surface area contributed by atoms with Crippen molar-refractivity contribution < 1.29 is 53.0 Å². The van der Waals surface area contributed by atoms with Crippen LogP contribution in [0.1, 0.15) is 24.8 Å². The Labute approximate surface area is 193 Å². The van der Waals surface area contributed by atoms with Crippen LogP contribution < -0.4 is 48.8 Å². The van der Waals surface area contributed by atoms with Gasteiger partial charge in [0.25, 0.3) is 0 Å². The van der Waals surface area contributed by atoms with Crippen molar-refractivity contribution >= 4 is 24.8 Å². The second-order valence-corrected chi connectivity index (χ2v) is 7.37. The van der Waals surface area contributed by atoms with Gasteiger partial charge in [0, 0.05) is 30.7 Å². The van der Waals surface area contributed by atoms with Crippen LogP contribution in [-0.2, 0) is 9.09 Å². The molecule has 10 heteroatoms. The van der Waals surface area contributed by atoms with Gasteiger partial charge < -0.3 is 19.3 Å². The van der Waals surface area contributed by atoms with E-state index < -0.39 is 8.25 Å². The second-order valence-electron chi connectivity index (χ2n) is 6.66. The molecule has 1 saturated heterocycles. The first kappa shape index (κ1) is 23.8. The molecule has 0 bridgehead atoms. The SMILES string of the molecule is COc1cc2ncc(C#N)c(N3CCCC(CO[P+](=O)[O-])CC3)c2cc1OC.[Na+]. The zero-order chi connectivity index (χ0) is 20.1. The molecule has 0 spiro atoms. The molecule has 0 radical (unpaired) electrons. The first-order chi connectivity index (χ1) is 13.6. The molecule has 0 saturated carbocycles. The number of hydrogen-bond donors (Lipinski definition) is 0. The van der Waals surface area contributed by atoms with Crippen LogP contribution in [0.15, 0.2) is 18.3 Å². The minimum atomic E-state index is -2.82. The molecule has 8 nitrogen and oxygen atoms in total. The van der Waals surface area contributed by atoms with Crippen molar-refractivity contribution in [2.75, 3.05) is 38.8 Å². The number of rotatable bonds is 6. The van der Waals surface area contributed by atoms with E-state index in [1.807, 2.05) is 6.07 Å². The summed E-state index contributed by atoms with van der Waals surface area (Å²) in [5.74, 6) is 1.33. The zero-order valence-corrected chi connectivity index (χ0v) is 19.8. The Hall–Kier alpha value is -1.46. The molecule has 1 aromatic carbocycles. The van der Waals surface area contributed by atoms with Gasteiger partial charge in [-0.1, -0.05) is 0 Å². The van der Waals surface area contributed by atoms with Crippen LogP contribution >= 0.6 is 8.25 Å². The minimum absolute atomic E-state index is 0. The molecular formula is C19H22N3NaO5P+. The van der Waals surface area contributed by atoms with E-state index in [4.69, 9.17) is 14.0 Å². The van der Waals surface area contributed by atoms with Crippen molar-refractivity contribution in [1.29, 1.82) is 5.26 Å². The van der Waals surface area contributed by atoms with Crippen LogP contribution in [0.3, 0.4) is 0 Å². The molecular weight excluding hydrogens is 404 g/mol. The Morgan fingerprint density at radius 2 is 2.00 bits per heavy atom. The van der Waals surface area contributed by atoms with Crippen LogP contribution in [0, 0.1) is 17.2 Å².